The number of H-pyrrole nitrogens is 1. The van der Waals surface area contributed by atoms with Crippen LogP contribution < -0.4 is 11.4 Å². The van der Waals surface area contributed by atoms with Crippen molar-refractivity contribution in [3.05, 3.63) is 69.9 Å². The molecular weight excluding hydrogens is 288 g/mol. The summed E-state index contributed by atoms with van der Waals surface area (Å²) < 4.78 is 1.37. The molecule has 106 valence electrons. The molecule has 3 rings (SSSR count). The summed E-state index contributed by atoms with van der Waals surface area (Å²) in [6, 6.07) is 13.1. The summed E-state index contributed by atoms with van der Waals surface area (Å²) in [4.78, 5) is 14.1. The molecule has 5 nitrogen and oxygen atoms in total. The molecule has 21 heavy (non-hydrogen) atoms. The van der Waals surface area contributed by atoms with E-state index in [0.29, 0.717) is 17.3 Å². The molecule has 0 bridgehead atoms. The third kappa shape index (κ3) is 2.83. The summed E-state index contributed by atoms with van der Waals surface area (Å²) in [7, 11) is 0. The first-order chi connectivity index (χ1) is 10.1. The minimum atomic E-state index is -0.242. The van der Waals surface area contributed by atoms with Crippen LogP contribution in [0.1, 0.15) is 5.56 Å². The van der Waals surface area contributed by atoms with E-state index in [-0.39, 0.29) is 5.69 Å². The van der Waals surface area contributed by atoms with Gasteiger partial charge in [-0.25, -0.2) is 9.48 Å². The third-order valence-electron chi connectivity index (χ3n) is 3.23. The molecule has 0 atom stereocenters. The molecule has 3 N–H and O–H groups in total. The van der Waals surface area contributed by atoms with E-state index in [0.717, 1.165) is 16.7 Å². The molecule has 0 fully saturated rings. The van der Waals surface area contributed by atoms with Crippen LogP contribution in [-0.2, 0) is 6.54 Å². The van der Waals surface area contributed by atoms with Crippen molar-refractivity contribution < 1.29 is 0 Å². The standard InChI is InChI=1S/C15H13ClN4O/c16-12-4-1-11(8-20-15(21)18-9-19-20)14(7-12)10-2-5-13(17)6-3-10/h1-7,9H,8,17H2,(H,18,19,21). The second-order valence-corrected chi connectivity index (χ2v) is 5.11. The summed E-state index contributed by atoms with van der Waals surface area (Å²) in [5, 5.41) is 4.62. The second kappa shape index (κ2) is 5.46. The number of halogens is 1. The van der Waals surface area contributed by atoms with Crippen LogP contribution in [0.5, 0.6) is 0 Å². The summed E-state index contributed by atoms with van der Waals surface area (Å²) >= 11 is 6.10. The zero-order chi connectivity index (χ0) is 14.8. The Morgan fingerprint density at radius 1 is 1.19 bits per heavy atom. The Morgan fingerprint density at radius 3 is 2.62 bits per heavy atom. The molecule has 0 saturated carbocycles. The van der Waals surface area contributed by atoms with Crippen molar-refractivity contribution in [1.29, 1.82) is 0 Å². The lowest BCUT2D eigenvalue weighted by atomic mass is 9.99. The van der Waals surface area contributed by atoms with E-state index in [1.807, 2.05) is 36.4 Å². The number of nitrogen functional groups attached to an aromatic ring is 1. The van der Waals surface area contributed by atoms with E-state index in [4.69, 9.17) is 17.3 Å². The average Bonchev–Trinajstić information content (AvgIpc) is 2.87. The highest BCUT2D eigenvalue weighted by Gasteiger charge is 2.09. The fraction of sp³-hybridized carbons (Fsp3) is 0.0667. The van der Waals surface area contributed by atoms with Gasteiger partial charge in [0.2, 0.25) is 0 Å². The molecule has 0 aliphatic carbocycles. The number of aromatic amines is 1. The van der Waals surface area contributed by atoms with Crippen molar-refractivity contribution in [2.45, 2.75) is 6.54 Å². The molecule has 0 unspecified atom stereocenters. The smallest absolute Gasteiger partial charge is 0.343 e. The number of hydrogen-bond donors (Lipinski definition) is 2. The molecule has 0 spiro atoms. The lowest BCUT2D eigenvalue weighted by Gasteiger charge is -2.10. The maximum Gasteiger partial charge on any atom is 0.343 e. The molecule has 1 aromatic heterocycles. The van der Waals surface area contributed by atoms with E-state index < -0.39 is 0 Å². The molecule has 0 amide bonds. The summed E-state index contributed by atoms with van der Waals surface area (Å²) in [6.07, 6.45) is 1.38. The number of nitrogens with one attached hydrogen (secondary N) is 1. The number of rotatable bonds is 3. The lowest BCUT2D eigenvalue weighted by Crippen LogP contribution is -2.19. The topological polar surface area (TPSA) is 76.7 Å². The van der Waals surface area contributed by atoms with Gasteiger partial charge in [0, 0.05) is 10.7 Å². The average molecular weight is 301 g/mol. The number of anilines is 1. The number of nitrogens with two attached hydrogens (primary N) is 1. The highest BCUT2D eigenvalue weighted by atomic mass is 35.5. The zero-order valence-corrected chi connectivity index (χ0v) is 11.8. The third-order valence-corrected chi connectivity index (χ3v) is 3.47. The monoisotopic (exact) mass is 300 g/mol. The van der Waals surface area contributed by atoms with Gasteiger partial charge in [0.1, 0.15) is 6.33 Å². The minimum absolute atomic E-state index is 0.242. The molecule has 0 aliphatic heterocycles. The Hall–Kier alpha value is -2.53. The van der Waals surface area contributed by atoms with Crippen molar-refractivity contribution in [1.82, 2.24) is 14.8 Å². The molecular formula is C15H13ClN4O. The molecule has 6 heteroatoms. The first-order valence-corrected chi connectivity index (χ1v) is 6.76. The van der Waals surface area contributed by atoms with Gasteiger partial charge in [-0.1, -0.05) is 29.8 Å². The predicted octanol–water partition coefficient (Wildman–Crippen LogP) is 2.52. The van der Waals surface area contributed by atoms with Gasteiger partial charge in [0.05, 0.1) is 6.54 Å². The maximum absolute atomic E-state index is 11.6. The van der Waals surface area contributed by atoms with Crippen LogP contribution in [0.15, 0.2) is 53.6 Å². The Kier molecular flexibility index (Phi) is 3.50. The van der Waals surface area contributed by atoms with Gasteiger partial charge < -0.3 is 5.73 Å². The van der Waals surface area contributed by atoms with Gasteiger partial charge in [-0.3, -0.25) is 4.98 Å². The van der Waals surface area contributed by atoms with Crippen molar-refractivity contribution in [3.8, 4) is 11.1 Å². The fourth-order valence-electron chi connectivity index (χ4n) is 2.17. The van der Waals surface area contributed by atoms with Crippen molar-refractivity contribution >= 4 is 17.3 Å². The van der Waals surface area contributed by atoms with Crippen molar-refractivity contribution in [3.63, 3.8) is 0 Å². The zero-order valence-electron chi connectivity index (χ0n) is 11.1. The fourth-order valence-corrected chi connectivity index (χ4v) is 2.34. The lowest BCUT2D eigenvalue weighted by molar-refractivity contribution is 0.660. The molecule has 0 saturated heterocycles. The number of aromatic nitrogens is 3. The van der Waals surface area contributed by atoms with Crippen LogP contribution >= 0.6 is 11.6 Å². The van der Waals surface area contributed by atoms with Crippen LogP contribution in [-0.4, -0.2) is 14.8 Å². The SMILES string of the molecule is Nc1ccc(-c2cc(Cl)ccc2Cn2nc[nH]c2=O)cc1. The number of hydrogen-bond acceptors (Lipinski definition) is 3. The number of nitrogens with zero attached hydrogens (tertiary/aromatic N) is 2. The van der Waals surface area contributed by atoms with Crippen molar-refractivity contribution in [2.24, 2.45) is 0 Å². The van der Waals surface area contributed by atoms with E-state index in [2.05, 4.69) is 10.1 Å². The Labute approximate surface area is 126 Å². The summed E-state index contributed by atoms with van der Waals surface area (Å²) in [5.74, 6) is 0. The summed E-state index contributed by atoms with van der Waals surface area (Å²) in [5.41, 5.74) is 9.08. The first-order valence-electron chi connectivity index (χ1n) is 6.38. The minimum Gasteiger partial charge on any atom is -0.399 e. The van der Waals surface area contributed by atoms with Gasteiger partial charge in [-0.2, -0.15) is 5.10 Å². The molecule has 1 heterocycles. The van der Waals surface area contributed by atoms with Crippen LogP contribution in [0, 0.1) is 0 Å². The van der Waals surface area contributed by atoms with Crippen LogP contribution in [0.4, 0.5) is 5.69 Å². The number of benzene rings is 2. The highest BCUT2D eigenvalue weighted by Crippen LogP contribution is 2.28. The quantitative estimate of drug-likeness (QED) is 0.730. The predicted molar refractivity (Wildman–Crippen MR) is 83.3 cm³/mol. The Balaban J connectivity index is 2.07. The molecule has 2 aromatic carbocycles. The molecule has 3 aromatic rings. The molecule has 0 aliphatic rings. The van der Waals surface area contributed by atoms with Gasteiger partial charge >= 0.3 is 5.69 Å². The van der Waals surface area contributed by atoms with Crippen LogP contribution in [0.3, 0.4) is 0 Å². The van der Waals surface area contributed by atoms with E-state index in [9.17, 15) is 4.79 Å². The van der Waals surface area contributed by atoms with Crippen molar-refractivity contribution in [2.75, 3.05) is 5.73 Å². The van der Waals surface area contributed by atoms with Gasteiger partial charge in [0.15, 0.2) is 0 Å². The Bertz CT molecular complexity index is 820. The normalized spacial score (nSPS) is 10.7. The van der Waals surface area contributed by atoms with Gasteiger partial charge in [-0.05, 0) is 41.0 Å². The van der Waals surface area contributed by atoms with Crippen LogP contribution in [0.25, 0.3) is 11.1 Å². The molecule has 0 radical (unpaired) electrons. The van der Waals surface area contributed by atoms with Crippen LogP contribution in [0.2, 0.25) is 5.02 Å². The van der Waals surface area contributed by atoms with Gasteiger partial charge in [0.25, 0.3) is 0 Å². The van der Waals surface area contributed by atoms with E-state index in [1.54, 1.807) is 6.07 Å². The van der Waals surface area contributed by atoms with E-state index >= 15 is 0 Å². The summed E-state index contributed by atoms with van der Waals surface area (Å²) in [6.45, 7) is 0.374. The maximum atomic E-state index is 11.6. The second-order valence-electron chi connectivity index (χ2n) is 4.68. The highest BCUT2D eigenvalue weighted by molar-refractivity contribution is 6.30. The first kappa shape index (κ1) is 13.5. The van der Waals surface area contributed by atoms with Gasteiger partial charge in [-0.15, -0.1) is 0 Å². The van der Waals surface area contributed by atoms with E-state index in [1.165, 1.54) is 11.0 Å². The Morgan fingerprint density at radius 2 is 1.95 bits per heavy atom. The largest absolute Gasteiger partial charge is 0.399 e.